The first-order chi connectivity index (χ1) is 13.4. The molecule has 3 rings (SSSR count). The van der Waals surface area contributed by atoms with Crippen molar-refractivity contribution in [3.63, 3.8) is 0 Å². The van der Waals surface area contributed by atoms with Gasteiger partial charge in [-0.25, -0.2) is 8.42 Å². The highest BCUT2D eigenvalue weighted by Gasteiger charge is 2.36. The normalized spacial score (nSPS) is 20.0. The van der Waals surface area contributed by atoms with E-state index in [1.54, 1.807) is 26.0 Å². The number of aliphatic imine (C=N–C) groups is 1. The minimum atomic E-state index is -3.54. The molecule has 0 spiro atoms. The average molecular weight is 425 g/mol. The van der Waals surface area contributed by atoms with E-state index in [1.165, 1.54) is 33.1 Å². The summed E-state index contributed by atoms with van der Waals surface area (Å²) in [5, 5.41) is 3.39. The summed E-state index contributed by atoms with van der Waals surface area (Å²) < 4.78 is 26.5. The molecule has 1 saturated heterocycles. The van der Waals surface area contributed by atoms with Gasteiger partial charge in [-0.05, 0) is 24.3 Å². The number of amides is 2. The molecule has 0 aliphatic carbocycles. The van der Waals surface area contributed by atoms with Gasteiger partial charge in [-0.3, -0.25) is 14.6 Å². The fraction of sp³-hybridized carbons (Fsp3) is 0.500. The van der Waals surface area contributed by atoms with Crippen molar-refractivity contribution in [2.75, 3.05) is 36.8 Å². The van der Waals surface area contributed by atoms with Crippen LogP contribution in [-0.4, -0.2) is 61.6 Å². The number of benzene rings is 1. The van der Waals surface area contributed by atoms with Crippen molar-refractivity contribution < 1.29 is 18.0 Å². The first-order valence-electron chi connectivity index (χ1n) is 9.25. The van der Waals surface area contributed by atoms with Gasteiger partial charge < -0.3 is 10.2 Å². The number of carbonyl (C=O) groups excluding carboxylic acids is 2. The molecule has 1 aromatic carbocycles. The first kappa shape index (κ1) is 20.8. The lowest BCUT2D eigenvalue weighted by Crippen LogP contribution is -2.35. The fourth-order valence-electron chi connectivity index (χ4n) is 3.26. The van der Waals surface area contributed by atoms with Crippen molar-refractivity contribution in [2.45, 2.75) is 25.2 Å². The SMILES string of the molecule is CCN(CC)S(=O)(=O)c1ccc(N2C[C@@H](C(=O)NC3=NCCS3)CC2=O)cc1. The zero-order valence-electron chi connectivity index (χ0n) is 15.9. The molecular weight excluding hydrogens is 400 g/mol. The van der Waals surface area contributed by atoms with Gasteiger partial charge in [0.25, 0.3) is 0 Å². The quantitative estimate of drug-likeness (QED) is 0.742. The molecule has 2 aliphatic heterocycles. The van der Waals surface area contributed by atoms with Crippen LogP contribution in [0.4, 0.5) is 5.69 Å². The predicted octanol–water partition coefficient (Wildman–Crippen LogP) is 1.29. The average Bonchev–Trinajstić information content (AvgIpc) is 3.32. The molecule has 1 N–H and O–H groups in total. The van der Waals surface area contributed by atoms with Crippen LogP contribution >= 0.6 is 11.8 Å². The number of anilines is 1. The second-order valence-electron chi connectivity index (χ2n) is 6.51. The van der Waals surface area contributed by atoms with Gasteiger partial charge in [0.2, 0.25) is 21.8 Å². The second-order valence-corrected chi connectivity index (χ2v) is 9.53. The van der Waals surface area contributed by atoms with Crippen LogP contribution in [0.5, 0.6) is 0 Å². The standard InChI is InChI=1S/C18H24N4O4S2/c1-3-21(4-2)28(25,26)15-7-5-14(6-8-15)22-12-13(11-16(22)23)17(24)20-18-19-9-10-27-18/h5-8,13H,3-4,9-12H2,1-2H3,(H,19,20,24)/t13-/m0/s1. The number of carbonyl (C=O) groups is 2. The first-order valence-corrected chi connectivity index (χ1v) is 11.7. The van der Waals surface area contributed by atoms with Gasteiger partial charge in [0, 0.05) is 37.5 Å². The van der Waals surface area contributed by atoms with Crippen LogP contribution in [0.15, 0.2) is 34.2 Å². The summed E-state index contributed by atoms with van der Waals surface area (Å²) in [6.07, 6.45) is 0.128. The fourth-order valence-corrected chi connectivity index (χ4v) is 5.45. The monoisotopic (exact) mass is 424 g/mol. The molecule has 28 heavy (non-hydrogen) atoms. The number of thioether (sulfide) groups is 1. The Hall–Kier alpha value is -1.91. The maximum atomic E-state index is 12.6. The van der Waals surface area contributed by atoms with Crippen molar-refractivity contribution >= 4 is 44.5 Å². The summed E-state index contributed by atoms with van der Waals surface area (Å²) in [6.45, 7) is 5.33. The summed E-state index contributed by atoms with van der Waals surface area (Å²) in [7, 11) is -3.54. The molecular formula is C18H24N4O4S2. The molecule has 1 fully saturated rings. The molecule has 0 aromatic heterocycles. The Morgan fingerprint density at radius 2 is 1.96 bits per heavy atom. The minimum Gasteiger partial charge on any atom is -0.312 e. The molecule has 2 heterocycles. The molecule has 0 saturated carbocycles. The van der Waals surface area contributed by atoms with Gasteiger partial charge in [-0.2, -0.15) is 4.31 Å². The summed E-state index contributed by atoms with van der Waals surface area (Å²) >= 11 is 1.50. The van der Waals surface area contributed by atoms with E-state index < -0.39 is 15.9 Å². The maximum absolute atomic E-state index is 12.6. The Balaban J connectivity index is 1.70. The van der Waals surface area contributed by atoms with Crippen molar-refractivity contribution in [2.24, 2.45) is 10.9 Å². The molecule has 0 radical (unpaired) electrons. The third-order valence-corrected chi connectivity index (χ3v) is 7.76. The molecule has 1 aromatic rings. The third-order valence-electron chi connectivity index (χ3n) is 4.80. The highest BCUT2D eigenvalue weighted by atomic mass is 32.2. The molecule has 10 heteroatoms. The van der Waals surface area contributed by atoms with Crippen molar-refractivity contribution in [3.05, 3.63) is 24.3 Å². The van der Waals surface area contributed by atoms with Gasteiger partial charge in [0.15, 0.2) is 5.17 Å². The van der Waals surface area contributed by atoms with E-state index >= 15 is 0 Å². The number of nitrogens with one attached hydrogen (secondary N) is 1. The predicted molar refractivity (Wildman–Crippen MR) is 110 cm³/mol. The van der Waals surface area contributed by atoms with Gasteiger partial charge in [0.05, 0.1) is 17.4 Å². The smallest absolute Gasteiger partial charge is 0.243 e. The van der Waals surface area contributed by atoms with E-state index in [2.05, 4.69) is 10.3 Å². The zero-order valence-corrected chi connectivity index (χ0v) is 17.6. The van der Waals surface area contributed by atoms with Crippen molar-refractivity contribution in [3.8, 4) is 0 Å². The van der Waals surface area contributed by atoms with Crippen LogP contribution in [0.1, 0.15) is 20.3 Å². The topological polar surface area (TPSA) is 99.2 Å². The van der Waals surface area contributed by atoms with Gasteiger partial charge in [-0.1, -0.05) is 25.6 Å². The Labute approximate surface area is 169 Å². The van der Waals surface area contributed by atoms with Crippen LogP contribution in [0.2, 0.25) is 0 Å². The number of rotatable bonds is 6. The number of hydrogen-bond acceptors (Lipinski definition) is 6. The Morgan fingerprint density at radius 1 is 1.29 bits per heavy atom. The highest BCUT2D eigenvalue weighted by Crippen LogP contribution is 2.27. The second kappa shape index (κ2) is 8.62. The van der Waals surface area contributed by atoms with Gasteiger partial charge in [0.1, 0.15) is 0 Å². The largest absolute Gasteiger partial charge is 0.312 e. The minimum absolute atomic E-state index is 0.128. The van der Waals surface area contributed by atoms with E-state index in [0.717, 1.165) is 5.75 Å². The molecule has 2 aliphatic rings. The van der Waals surface area contributed by atoms with Crippen molar-refractivity contribution in [1.82, 2.24) is 9.62 Å². The van der Waals surface area contributed by atoms with Crippen LogP contribution in [0, 0.1) is 5.92 Å². The van der Waals surface area contributed by atoms with E-state index in [1.807, 2.05) is 0 Å². The maximum Gasteiger partial charge on any atom is 0.243 e. The molecule has 0 unspecified atom stereocenters. The molecule has 0 bridgehead atoms. The summed E-state index contributed by atoms with van der Waals surface area (Å²) in [6, 6.07) is 6.25. The Bertz CT molecular complexity index is 879. The van der Waals surface area contributed by atoms with E-state index in [0.29, 0.717) is 30.5 Å². The molecule has 1 atom stereocenters. The zero-order chi connectivity index (χ0) is 20.3. The van der Waals surface area contributed by atoms with Crippen LogP contribution < -0.4 is 10.2 Å². The Morgan fingerprint density at radius 3 is 2.54 bits per heavy atom. The van der Waals surface area contributed by atoms with Crippen LogP contribution in [0.25, 0.3) is 0 Å². The number of sulfonamides is 1. The third kappa shape index (κ3) is 4.23. The number of hydrogen-bond donors (Lipinski definition) is 1. The van der Waals surface area contributed by atoms with E-state index in [9.17, 15) is 18.0 Å². The molecule has 2 amide bonds. The lowest BCUT2D eigenvalue weighted by Gasteiger charge is -2.20. The lowest BCUT2D eigenvalue weighted by atomic mass is 10.1. The Kier molecular flexibility index (Phi) is 6.41. The number of amidine groups is 1. The van der Waals surface area contributed by atoms with Gasteiger partial charge in [-0.15, -0.1) is 0 Å². The van der Waals surface area contributed by atoms with E-state index in [-0.39, 0.29) is 29.7 Å². The number of nitrogens with zero attached hydrogens (tertiary/aromatic N) is 3. The lowest BCUT2D eigenvalue weighted by molar-refractivity contribution is -0.125. The molecule has 8 nitrogen and oxygen atoms in total. The summed E-state index contributed by atoms with van der Waals surface area (Å²) in [4.78, 5) is 30.7. The van der Waals surface area contributed by atoms with Gasteiger partial charge >= 0.3 is 0 Å². The summed E-state index contributed by atoms with van der Waals surface area (Å²) in [5.41, 5.74) is 0.589. The van der Waals surface area contributed by atoms with Crippen LogP contribution in [-0.2, 0) is 19.6 Å². The van der Waals surface area contributed by atoms with Crippen LogP contribution in [0.3, 0.4) is 0 Å². The summed E-state index contributed by atoms with van der Waals surface area (Å²) in [5.74, 6) is 0.0504. The van der Waals surface area contributed by atoms with Crippen molar-refractivity contribution in [1.29, 1.82) is 0 Å². The van der Waals surface area contributed by atoms with E-state index in [4.69, 9.17) is 0 Å². The highest BCUT2D eigenvalue weighted by molar-refractivity contribution is 8.14. The molecule has 152 valence electrons.